The lowest BCUT2D eigenvalue weighted by molar-refractivity contribution is 0.579. The summed E-state index contributed by atoms with van der Waals surface area (Å²) in [5.41, 5.74) is 7.57. The van der Waals surface area contributed by atoms with E-state index in [-0.39, 0.29) is 17.3 Å². The zero-order valence-electron chi connectivity index (χ0n) is 10.5. The van der Waals surface area contributed by atoms with E-state index in [1.807, 2.05) is 0 Å². The zero-order valence-corrected chi connectivity index (χ0v) is 12.2. The molecule has 4 N–H and O–H groups in total. The molecule has 0 amide bonds. The Morgan fingerprint density at radius 3 is 2.60 bits per heavy atom. The van der Waals surface area contributed by atoms with E-state index in [2.05, 4.69) is 14.7 Å². The normalized spacial score (nSPS) is 11.4. The molecule has 20 heavy (non-hydrogen) atoms. The van der Waals surface area contributed by atoms with Gasteiger partial charge in [0.1, 0.15) is 4.99 Å². The number of thiocarbonyl (C=S) groups is 1. The molecule has 0 radical (unpaired) electrons. The van der Waals surface area contributed by atoms with Gasteiger partial charge in [-0.1, -0.05) is 36.5 Å². The Kier molecular flexibility index (Phi) is 4.48. The summed E-state index contributed by atoms with van der Waals surface area (Å²) in [4.78, 5) is 6.93. The van der Waals surface area contributed by atoms with Gasteiger partial charge in [0.2, 0.25) is 10.0 Å². The van der Waals surface area contributed by atoms with Gasteiger partial charge in [-0.3, -0.25) is 0 Å². The third kappa shape index (κ3) is 4.12. The molecule has 0 saturated heterocycles. The van der Waals surface area contributed by atoms with E-state index in [9.17, 15) is 8.42 Å². The number of benzene rings is 1. The summed E-state index contributed by atoms with van der Waals surface area (Å²) in [6.45, 7) is 0.188. The van der Waals surface area contributed by atoms with Crippen molar-refractivity contribution < 1.29 is 8.42 Å². The van der Waals surface area contributed by atoms with Crippen LogP contribution in [0.15, 0.2) is 36.8 Å². The van der Waals surface area contributed by atoms with Gasteiger partial charge in [-0.2, -0.15) is 0 Å². The third-order valence-electron chi connectivity index (χ3n) is 2.63. The molecule has 0 saturated carbocycles. The number of aromatic amines is 1. The summed E-state index contributed by atoms with van der Waals surface area (Å²) < 4.78 is 26.3. The van der Waals surface area contributed by atoms with Crippen molar-refractivity contribution in [3.63, 3.8) is 0 Å². The Bertz CT molecular complexity index is 679. The fourth-order valence-electron chi connectivity index (χ4n) is 1.60. The van der Waals surface area contributed by atoms with Crippen molar-refractivity contribution in [2.75, 3.05) is 0 Å². The van der Waals surface area contributed by atoms with Crippen molar-refractivity contribution >= 4 is 27.2 Å². The van der Waals surface area contributed by atoms with E-state index in [4.69, 9.17) is 18.0 Å². The van der Waals surface area contributed by atoms with Crippen molar-refractivity contribution in [3.05, 3.63) is 53.6 Å². The number of sulfonamides is 1. The minimum Gasteiger partial charge on any atom is -0.389 e. The molecule has 0 aliphatic carbocycles. The molecule has 8 heteroatoms. The van der Waals surface area contributed by atoms with Crippen LogP contribution in [0.5, 0.6) is 0 Å². The fraction of sp³-hybridized carbons (Fsp3) is 0.167. The summed E-state index contributed by atoms with van der Waals surface area (Å²) >= 11 is 4.84. The molecule has 6 nitrogen and oxygen atoms in total. The van der Waals surface area contributed by atoms with Crippen LogP contribution in [0.1, 0.15) is 16.8 Å². The van der Waals surface area contributed by atoms with Crippen LogP contribution in [-0.4, -0.2) is 23.4 Å². The zero-order chi connectivity index (χ0) is 14.6. The Labute approximate surface area is 122 Å². The van der Waals surface area contributed by atoms with Gasteiger partial charge >= 0.3 is 0 Å². The van der Waals surface area contributed by atoms with Gasteiger partial charge in [-0.05, 0) is 5.56 Å². The van der Waals surface area contributed by atoms with E-state index in [1.165, 1.54) is 6.33 Å². The van der Waals surface area contributed by atoms with Gasteiger partial charge in [0, 0.05) is 17.5 Å². The minimum atomic E-state index is -3.41. The highest BCUT2D eigenvalue weighted by Gasteiger charge is 2.11. The Morgan fingerprint density at radius 1 is 1.35 bits per heavy atom. The largest absolute Gasteiger partial charge is 0.389 e. The first-order valence-electron chi connectivity index (χ1n) is 5.79. The quantitative estimate of drug-likeness (QED) is 0.681. The van der Waals surface area contributed by atoms with Crippen LogP contribution >= 0.6 is 12.2 Å². The summed E-state index contributed by atoms with van der Waals surface area (Å²) in [6, 6.07) is 6.82. The molecular formula is C12H14N4O2S2. The van der Waals surface area contributed by atoms with Crippen molar-refractivity contribution in [2.24, 2.45) is 5.73 Å². The number of nitrogens with one attached hydrogen (secondary N) is 2. The Hall–Kier alpha value is -1.77. The average Bonchev–Trinajstić information content (AvgIpc) is 2.90. The molecule has 0 bridgehead atoms. The van der Waals surface area contributed by atoms with Crippen molar-refractivity contribution in [2.45, 2.75) is 12.3 Å². The molecule has 0 aliphatic rings. The first-order valence-corrected chi connectivity index (χ1v) is 7.86. The van der Waals surface area contributed by atoms with Crippen LogP contribution in [0.25, 0.3) is 0 Å². The first-order chi connectivity index (χ1) is 9.46. The number of imidazole rings is 1. The van der Waals surface area contributed by atoms with Gasteiger partial charge < -0.3 is 10.7 Å². The predicted octanol–water partition coefficient (Wildman–Crippen LogP) is 0.663. The van der Waals surface area contributed by atoms with Crippen LogP contribution in [-0.2, 0) is 22.3 Å². The standard InChI is InChI=1S/C12H14N4O2S2/c13-12(19)10-3-1-9(2-4-10)7-20(17,18)16-6-11-5-14-8-15-11/h1-5,8,16H,6-7H2,(H2,13,19)(H,14,15). The van der Waals surface area contributed by atoms with Gasteiger partial charge in [-0.25, -0.2) is 18.1 Å². The van der Waals surface area contributed by atoms with E-state index in [1.54, 1.807) is 30.5 Å². The molecule has 1 aromatic carbocycles. The summed E-state index contributed by atoms with van der Waals surface area (Å²) in [5.74, 6) is -0.0985. The molecule has 1 aromatic heterocycles. The Balaban J connectivity index is 1.98. The van der Waals surface area contributed by atoms with E-state index in [0.717, 1.165) is 0 Å². The highest BCUT2D eigenvalue weighted by Crippen LogP contribution is 2.08. The summed E-state index contributed by atoms with van der Waals surface area (Å²) in [7, 11) is -3.41. The second kappa shape index (κ2) is 6.12. The maximum Gasteiger partial charge on any atom is 0.216 e. The molecular weight excluding hydrogens is 296 g/mol. The lowest BCUT2D eigenvalue weighted by Crippen LogP contribution is -2.24. The minimum absolute atomic E-state index is 0.0985. The molecule has 0 unspecified atom stereocenters. The van der Waals surface area contributed by atoms with E-state index >= 15 is 0 Å². The molecule has 106 valence electrons. The lowest BCUT2D eigenvalue weighted by Gasteiger charge is -2.06. The summed E-state index contributed by atoms with van der Waals surface area (Å²) in [6.07, 6.45) is 3.07. The van der Waals surface area contributed by atoms with Gasteiger partial charge in [0.05, 0.1) is 18.6 Å². The molecule has 0 atom stereocenters. The Morgan fingerprint density at radius 2 is 2.05 bits per heavy atom. The van der Waals surface area contributed by atoms with Gasteiger partial charge in [0.25, 0.3) is 0 Å². The number of aromatic nitrogens is 2. The molecule has 2 aromatic rings. The van der Waals surface area contributed by atoms with Crippen LogP contribution in [0.4, 0.5) is 0 Å². The third-order valence-corrected chi connectivity index (χ3v) is 4.17. The number of nitrogens with two attached hydrogens (primary N) is 1. The number of hydrogen-bond donors (Lipinski definition) is 3. The van der Waals surface area contributed by atoms with Gasteiger partial charge in [-0.15, -0.1) is 0 Å². The topological polar surface area (TPSA) is 101 Å². The summed E-state index contributed by atoms with van der Waals surface area (Å²) in [5, 5.41) is 0. The maximum absolute atomic E-state index is 11.9. The smallest absolute Gasteiger partial charge is 0.216 e. The van der Waals surface area contributed by atoms with Crippen LogP contribution in [0, 0.1) is 0 Å². The number of rotatable bonds is 6. The lowest BCUT2D eigenvalue weighted by atomic mass is 10.1. The number of nitrogens with zero attached hydrogens (tertiary/aromatic N) is 1. The second-order valence-electron chi connectivity index (χ2n) is 4.22. The van der Waals surface area contributed by atoms with Crippen LogP contribution in [0.2, 0.25) is 0 Å². The second-order valence-corrected chi connectivity index (χ2v) is 6.46. The molecule has 0 fully saturated rings. The molecule has 2 rings (SSSR count). The maximum atomic E-state index is 11.9. The van der Waals surface area contributed by atoms with Crippen LogP contribution < -0.4 is 10.5 Å². The van der Waals surface area contributed by atoms with Crippen molar-refractivity contribution in [1.29, 1.82) is 0 Å². The first kappa shape index (κ1) is 14.6. The monoisotopic (exact) mass is 310 g/mol. The SMILES string of the molecule is NC(=S)c1ccc(CS(=O)(=O)NCc2cnc[nH]2)cc1. The number of hydrogen-bond acceptors (Lipinski definition) is 4. The predicted molar refractivity (Wildman–Crippen MR) is 80.4 cm³/mol. The average molecular weight is 310 g/mol. The fourth-order valence-corrected chi connectivity index (χ4v) is 2.85. The van der Waals surface area contributed by atoms with Gasteiger partial charge in [0.15, 0.2) is 0 Å². The van der Waals surface area contributed by atoms with E-state index < -0.39 is 10.0 Å². The molecule has 0 aliphatic heterocycles. The highest BCUT2D eigenvalue weighted by atomic mass is 32.2. The van der Waals surface area contributed by atoms with E-state index in [0.29, 0.717) is 16.8 Å². The highest BCUT2D eigenvalue weighted by molar-refractivity contribution is 7.88. The van der Waals surface area contributed by atoms with Crippen molar-refractivity contribution in [1.82, 2.24) is 14.7 Å². The van der Waals surface area contributed by atoms with Crippen molar-refractivity contribution in [3.8, 4) is 0 Å². The molecule has 0 spiro atoms. The van der Waals surface area contributed by atoms with Crippen LogP contribution in [0.3, 0.4) is 0 Å². The number of H-pyrrole nitrogens is 1. The molecule has 1 heterocycles.